The number of nitrogens with zero attached hydrogens (tertiary/aromatic N) is 1. The van der Waals surface area contributed by atoms with Gasteiger partial charge in [0, 0.05) is 24.2 Å². The molecule has 0 bridgehead atoms. The predicted molar refractivity (Wildman–Crippen MR) is 89.6 cm³/mol. The van der Waals surface area contributed by atoms with Crippen LogP contribution in [0.2, 0.25) is 5.02 Å². The molecule has 0 aromatic heterocycles. The number of ether oxygens (including phenoxy) is 1. The molecule has 1 aromatic rings. The summed E-state index contributed by atoms with van der Waals surface area (Å²) in [5.41, 5.74) is 6.57. The zero-order valence-electron chi connectivity index (χ0n) is 13.5. The maximum Gasteiger partial charge on any atom is 0.255 e. The lowest BCUT2D eigenvalue weighted by molar-refractivity contribution is 0.0827. The first-order valence-corrected chi connectivity index (χ1v) is 7.87. The largest absolute Gasteiger partial charge is 0.496 e. The smallest absolute Gasteiger partial charge is 0.255 e. The number of nitrogen functional groups attached to an aromatic ring is 1. The number of likely N-dealkylation sites (tertiary alicyclic amines) is 1. The Labute approximate surface area is 136 Å². The fraction of sp³-hybridized carbons (Fsp3) is 0.562. The average Bonchev–Trinajstić information content (AvgIpc) is 2.46. The molecule has 6 heteroatoms. The number of carbonyl (C=O) groups excluding carboxylic acids is 1. The molecule has 0 aliphatic carbocycles. The van der Waals surface area contributed by atoms with Crippen LogP contribution in [-0.2, 0) is 0 Å². The lowest BCUT2D eigenvalue weighted by Gasteiger charge is -2.40. The van der Waals surface area contributed by atoms with Gasteiger partial charge in [0.05, 0.1) is 23.4 Å². The van der Waals surface area contributed by atoms with E-state index in [0.29, 0.717) is 34.1 Å². The molecule has 0 saturated carbocycles. The first-order chi connectivity index (χ1) is 10.3. The van der Waals surface area contributed by atoms with Gasteiger partial charge in [-0.15, -0.1) is 0 Å². The normalized spacial score (nSPS) is 25.8. The summed E-state index contributed by atoms with van der Waals surface area (Å²) in [4.78, 5) is 14.9. The van der Waals surface area contributed by atoms with Crippen LogP contribution in [0.15, 0.2) is 12.1 Å². The van der Waals surface area contributed by atoms with Crippen LogP contribution in [0.4, 0.5) is 5.69 Å². The van der Waals surface area contributed by atoms with Crippen LogP contribution in [0, 0.1) is 0 Å². The van der Waals surface area contributed by atoms with Crippen molar-refractivity contribution >= 4 is 23.2 Å². The second-order valence-electron chi connectivity index (χ2n) is 6.08. The summed E-state index contributed by atoms with van der Waals surface area (Å²) in [6.07, 6.45) is 1.86. The summed E-state index contributed by atoms with van der Waals surface area (Å²) in [5.74, 6) is 0.265. The van der Waals surface area contributed by atoms with Gasteiger partial charge in [-0.05, 0) is 39.8 Å². The third kappa shape index (κ3) is 3.47. The zero-order chi connectivity index (χ0) is 16.4. The topological polar surface area (TPSA) is 67.6 Å². The highest BCUT2D eigenvalue weighted by Gasteiger charge is 2.29. The fourth-order valence-electron chi connectivity index (χ4n) is 2.98. The van der Waals surface area contributed by atoms with Crippen LogP contribution in [0.1, 0.15) is 37.0 Å². The summed E-state index contributed by atoms with van der Waals surface area (Å²) in [6, 6.07) is 4.16. The van der Waals surface area contributed by atoms with E-state index in [2.05, 4.69) is 31.1 Å². The quantitative estimate of drug-likeness (QED) is 0.838. The molecule has 1 saturated heterocycles. The van der Waals surface area contributed by atoms with Gasteiger partial charge in [-0.25, -0.2) is 0 Å². The van der Waals surface area contributed by atoms with E-state index in [1.165, 1.54) is 7.11 Å². The van der Waals surface area contributed by atoms with Gasteiger partial charge in [-0.2, -0.15) is 0 Å². The van der Waals surface area contributed by atoms with Crippen LogP contribution >= 0.6 is 11.6 Å². The Morgan fingerprint density at radius 1 is 1.36 bits per heavy atom. The van der Waals surface area contributed by atoms with E-state index in [4.69, 9.17) is 22.1 Å². The number of hydrogen-bond donors (Lipinski definition) is 2. The van der Waals surface area contributed by atoms with E-state index in [0.717, 1.165) is 12.8 Å². The first-order valence-electron chi connectivity index (χ1n) is 7.49. The molecule has 0 spiro atoms. The molecule has 122 valence electrons. The van der Waals surface area contributed by atoms with Crippen molar-refractivity contribution in [1.82, 2.24) is 10.2 Å². The molecule has 3 atom stereocenters. The third-order valence-electron chi connectivity index (χ3n) is 4.54. The van der Waals surface area contributed by atoms with Crippen molar-refractivity contribution in [3.8, 4) is 5.75 Å². The predicted octanol–water partition coefficient (Wildman–Crippen LogP) is 2.53. The number of hydrogen-bond acceptors (Lipinski definition) is 4. The van der Waals surface area contributed by atoms with Crippen LogP contribution < -0.4 is 15.8 Å². The molecule has 1 amide bonds. The summed E-state index contributed by atoms with van der Waals surface area (Å²) in [6.45, 7) is 4.35. The van der Waals surface area contributed by atoms with E-state index < -0.39 is 0 Å². The van der Waals surface area contributed by atoms with Crippen molar-refractivity contribution in [1.29, 1.82) is 0 Å². The molecule has 0 radical (unpaired) electrons. The van der Waals surface area contributed by atoms with Gasteiger partial charge in [-0.1, -0.05) is 11.6 Å². The number of halogens is 1. The highest BCUT2D eigenvalue weighted by molar-refractivity contribution is 6.33. The Morgan fingerprint density at radius 2 is 1.95 bits per heavy atom. The Bertz CT molecular complexity index is 553. The van der Waals surface area contributed by atoms with Crippen LogP contribution in [0.3, 0.4) is 0 Å². The molecule has 1 unspecified atom stereocenters. The van der Waals surface area contributed by atoms with E-state index in [1.807, 2.05) is 0 Å². The Kier molecular flexibility index (Phi) is 5.19. The van der Waals surface area contributed by atoms with E-state index in [-0.39, 0.29) is 11.9 Å². The lowest BCUT2D eigenvalue weighted by Crippen LogP contribution is -2.51. The van der Waals surface area contributed by atoms with E-state index >= 15 is 0 Å². The number of benzene rings is 1. The van der Waals surface area contributed by atoms with Gasteiger partial charge in [0.25, 0.3) is 5.91 Å². The molecule has 1 aliphatic heterocycles. The minimum absolute atomic E-state index is 0.148. The zero-order valence-corrected chi connectivity index (χ0v) is 14.3. The monoisotopic (exact) mass is 325 g/mol. The second kappa shape index (κ2) is 6.75. The van der Waals surface area contributed by atoms with Crippen molar-refractivity contribution in [2.75, 3.05) is 19.9 Å². The average molecular weight is 326 g/mol. The third-order valence-corrected chi connectivity index (χ3v) is 4.87. The summed E-state index contributed by atoms with van der Waals surface area (Å²) in [7, 11) is 3.63. The number of nitrogens with one attached hydrogen (secondary N) is 1. The first kappa shape index (κ1) is 16.9. The minimum atomic E-state index is -0.173. The van der Waals surface area contributed by atoms with Crippen molar-refractivity contribution in [3.63, 3.8) is 0 Å². The number of carbonyl (C=O) groups is 1. The molecular weight excluding hydrogens is 302 g/mol. The maximum atomic E-state index is 12.5. The van der Waals surface area contributed by atoms with Gasteiger partial charge >= 0.3 is 0 Å². The molecule has 1 aromatic carbocycles. The van der Waals surface area contributed by atoms with Crippen LogP contribution in [-0.4, -0.2) is 43.1 Å². The maximum absolute atomic E-state index is 12.5. The van der Waals surface area contributed by atoms with Crippen LogP contribution in [0.5, 0.6) is 5.75 Å². The molecule has 5 nitrogen and oxygen atoms in total. The molecule has 22 heavy (non-hydrogen) atoms. The molecular formula is C16H24ClN3O2. The number of methoxy groups -OCH3 is 1. The molecule has 2 rings (SSSR count). The standard InChI is InChI=1S/C16H24ClN3O2/c1-9-5-11(6-10(2)20(9)3)19-16(21)12-7-13(17)14(18)8-15(12)22-4/h7-11H,5-6,18H2,1-4H3,(H,19,21)/t9-,10+,11?. The Balaban J connectivity index is 2.14. The van der Waals surface area contributed by atoms with Crippen LogP contribution in [0.25, 0.3) is 0 Å². The highest BCUT2D eigenvalue weighted by Crippen LogP contribution is 2.29. The number of amides is 1. The molecule has 3 N–H and O–H groups in total. The number of nitrogens with two attached hydrogens (primary N) is 1. The van der Waals surface area contributed by atoms with Crippen molar-refractivity contribution in [2.24, 2.45) is 0 Å². The summed E-state index contributed by atoms with van der Waals surface area (Å²) in [5, 5.41) is 3.45. The van der Waals surface area contributed by atoms with Gasteiger partial charge < -0.3 is 20.7 Å². The minimum Gasteiger partial charge on any atom is -0.496 e. The lowest BCUT2D eigenvalue weighted by atomic mass is 9.93. The number of rotatable bonds is 3. The highest BCUT2D eigenvalue weighted by atomic mass is 35.5. The SMILES string of the molecule is COc1cc(N)c(Cl)cc1C(=O)NC1C[C@@H](C)N(C)[C@@H](C)C1. The fourth-order valence-corrected chi connectivity index (χ4v) is 3.15. The summed E-state index contributed by atoms with van der Waals surface area (Å²) >= 11 is 6.03. The van der Waals surface area contributed by atoms with Gasteiger partial charge in [0.2, 0.25) is 0 Å². The number of anilines is 1. The van der Waals surface area contributed by atoms with Gasteiger partial charge in [-0.3, -0.25) is 4.79 Å². The van der Waals surface area contributed by atoms with Crippen molar-refractivity contribution in [3.05, 3.63) is 22.7 Å². The van der Waals surface area contributed by atoms with Crippen molar-refractivity contribution < 1.29 is 9.53 Å². The molecule has 1 aliphatic rings. The Morgan fingerprint density at radius 3 is 2.50 bits per heavy atom. The second-order valence-corrected chi connectivity index (χ2v) is 6.49. The Hall–Kier alpha value is -1.46. The van der Waals surface area contributed by atoms with Crippen molar-refractivity contribution in [2.45, 2.75) is 44.8 Å². The van der Waals surface area contributed by atoms with Gasteiger partial charge in [0.1, 0.15) is 5.75 Å². The summed E-state index contributed by atoms with van der Waals surface area (Å²) < 4.78 is 5.24. The van der Waals surface area contributed by atoms with E-state index in [1.54, 1.807) is 12.1 Å². The van der Waals surface area contributed by atoms with E-state index in [9.17, 15) is 4.79 Å². The molecule has 1 heterocycles. The number of piperidine rings is 1. The molecule has 1 fully saturated rings. The van der Waals surface area contributed by atoms with Gasteiger partial charge in [0.15, 0.2) is 0 Å².